The maximum absolute atomic E-state index is 11.7. The van der Waals surface area contributed by atoms with Crippen LogP contribution in [-0.4, -0.2) is 32.8 Å². The number of aromatic nitrogens is 3. The average molecular weight is 304 g/mol. The van der Waals surface area contributed by atoms with E-state index in [4.69, 9.17) is 4.74 Å². The minimum absolute atomic E-state index is 0.144. The lowest BCUT2D eigenvalue weighted by Gasteiger charge is -2.05. The summed E-state index contributed by atoms with van der Waals surface area (Å²) in [6.45, 7) is 4.26. The van der Waals surface area contributed by atoms with Crippen LogP contribution in [0.5, 0.6) is 11.5 Å². The van der Waals surface area contributed by atoms with Crippen LogP contribution in [0.1, 0.15) is 28.3 Å². The van der Waals surface area contributed by atoms with Gasteiger partial charge >= 0.3 is 5.97 Å². The van der Waals surface area contributed by atoms with Crippen molar-refractivity contribution in [2.45, 2.75) is 26.8 Å². The van der Waals surface area contributed by atoms with Gasteiger partial charge in [-0.2, -0.15) is 4.57 Å². The molecule has 2 aromatic rings. The second-order valence-corrected chi connectivity index (χ2v) is 4.86. The van der Waals surface area contributed by atoms with E-state index in [0.29, 0.717) is 18.7 Å². The molecule has 0 amide bonds. The predicted octanol–water partition coefficient (Wildman–Crippen LogP) is 1.04. The molecule has 0 aliphatic rings. The zero-order valence-corrected chi connectivity index (χ0v) is 12.5. The first-order chi connectivity index (χ1) is 10.5. The number of hydrogen-bond acceptors (Lipinski definition) is 6. The topological polar surface area (TPSA) is 96.4 Å². The maximum atomic E-state index is 11.7. The molecule has 0 atom stereocenters. The maximum Gasteiger partial charge on any atom is 0.358 e. The van der Waals surface area contributed by atoms with Gasteiger partial charge in [-0.3, -0.25) is 4.98 Å². The van der Waals surface area contributed by atoms with E-state index in [-0.39, 0.29) is 23.8 Å². The number of ether oxygens (including phenoxy) is 1. The van der Waals surface area contributed by atoms with Crippen LogP contribution in [-0.2, 0) is 11.3 Å². The largest absolute Gasteiger partial charge is 0.504 e. The van der Waals surface area contributed by atoms with Gasteiger partial charge in [0.2, 0.25) is 11.4 Å². The van der Waals surface area contributed by atoms with Gasteiger partial charge in [0.1, 0.15) is 0 Å². The van der Waals surface area contributed by atoms with Crippen LogP contribution < -0.4 is 4.57 Å². The van der Waals surface area contributed by atoms with Gasteiger partial charge in [0.15, 0.2) is 24.2 Å². The summed E-state index contributed by atoms with van der Waals surface area (Å²) in [6.07, 6.45) is 5.13. The molecule has 2 aromatic heterocycles. The lowest BCUT2D eigenvalue weighted by molar-refractivity contribution is -0.703. The van der Waals surface area contributed by atoms with Gasteiger partial charge in [0.05, 0.1) is 18.5 Å². The molecule has 116 valence electrons. The fraction of sp³-hybridized carbons (Fsp3) is 0.333. The van der Waals surface area contributed by atoms with E-state index in [1.807, 2.05) is 0 Å². The number of nitrogens with zero attached hydrogens (tertiary/aromatic N) is 3. The number of aryl methyl sites for hydroxylation is 2. The minimum Gasteiger partial charge on any atom is -0.504 e. The highest BCUT2D eigenvalue weighted by Crippen LogP contribution is 2.24. The van der Waals surface area contributed by atoms with Crippen LogP contribution in [0.15, 0.2) is 24.7 Å². The smallest absolute Gasteiger partial charge is 0.358 e. The zero-order chi connectivity index (χ0) is 16.1. The Morgan fingerprint density at radius 1 is 1.27 bits per heavy atom. The predicted molar refractivity (Wildman–Crippen MR) is 76.4 cm³/mol. The molecule has 2 rings (SSSR count). The highest BCUT2D eigenvalue weighted by atomic mass is 16.5. The number of esters is 1. The third-order valence-corrected chi connectivity index (χ3v) is 3.20. The Hall–Kier alpha value is -2.70. The van der Waals surface area contributed by atoms with Gasteiger partial charge in [-0.15, -0.1) is 0 Å². The van der Waals surface area contributed by atoms with Crippen molar-refractivity contribution < 1.29 is 24.3 Å². The first-order valence-corrected chi connectivity index (χ1v) is 6.86. The molecule has 0 aromatic carbocycles. The van der Waals surface area contributed by atoms with Crippen LogP contribution in [0, 0.1) is 13.8 Å². The Kier molecular flexibility index (Phi) is 4.88. The van der Waals surface area contributed by atoms with Gasteiger partial charge in [0.25, 0.3) is 0 Å². The van der Waals surface area contributed by atoms with Gasteiger partial charge < -0.3 is 14.9 Å². The van der Waals surface area contributed by atoms with Gasteiger partial charge in [-0.25, -0.2) is 9.78 Å². The van der Waals surface area contributed by atoms with Crippen LogP contribution in [0.3, 0.4) is 0 Å². The van der Waals surface area contributed by atoms with Crippen LogP contribution in [0.25, 0.3) is 0 Å². The van der Waals surface area contributed by atoms with Crippen molar-refractivity contribution in [2.24, 2.45) is 0 Å². The SMILES string of the molecule is Cc1cnc(C(=O)OCCC[n+]2ccc(O)c(O)c2C)cn1. The molecule has 2 N–H and O–H groups in total. The van der Waals surface area contributed by atoms with Crippen molar-refractivity contribution in [3.8, 4) is 11.5 Å². The van der Waals surface area contributed by atoms with E-state index in [2.05, 4.69) is 9.97 Å². The molecule has 7 nitrogen and oxygen atoms in total. The number of pyridine rings is 1. The second-order valence-electron chi connectivity index (χ2n) is 4.86. The summed E-state index contributed by atoms with van der Waals surface area (Å²) < 4.78 is 6.89. The number of rotatable bonds is 5. The lowest BCUT2D eigenvalue weighted by Crippen LogP contribution is -2.37. The van der Waals surface area contributed by atoms with E-state index in [9.17, 15) is 15.0 Å². The first kappa shape index (κ1) is 15.7. The molecule has 2 heterocycles. The van der Waals surface area contributed by atoms with Crippen molar-refractivity contribution in [1.82, 2.24) is 9.97 Å². The summed E-state index contributed by atoms with van der Waals surface area (Å²) in [7, 11) is 0. The van der Waals surface area contributed by atoms with E-state index in [1.165, 1.54) is 18.5 Å². The van der Waals surface area contributed by atoms with Crippen molar-refractivity contribution in [1.29, 1.82) is 0 Å². The molecule has 0 radical (unpaired) electrons. The van der Waals surface area contributed by atoms with E-state index >= 15 is 0 Å². The summed E-state index contributed by atoms with van der Waals surface area (Å²) in [5, 5.41) is 19.0. The van der Waals surface area contributed by atoms with Crippen LogP contribution in [0.2, 0.25) is 0 Å². The molecule has 0 saturated carbocycles. The fourth-order valence-corrected chi connectivity index (χ4v) is 1.89. The molecule has 0 aliphatic heterocycles. The normalized spacial score (nSPS) is 10.5. The van der Waals surface area contributed by atoms with Crippen molar-refractivity contribution >= 4 is 5.97 Å². The number of hydrogen-bond donors (Lipinski definition) is 2. The quantitative estimate of drug-likeness (QED) is 0.487. The summed E-state index contributed by atoms with van der Waals surface area (Å²) >= 11 is 0. The Balaban J connectivity index is 1.83. The highest BCUT2D eigenvalue weighted by Gasteiger charge is 2.15. The Morgan fingerprint density at radius 2 is 2.05 bits per heavy atom. The minimum atomic E-state index is -0.511. The third kappa shape index (κ3) is 3.69. The van der Waals surface area contributed by atoms with E-state index < -0.39 is 5.97 Å². The molecule has 7 heteroatoms. The molecule has 0 aliphatic carbocycles. The number of aromatic hydroxyl groups is 2. The van der Waals surface area contributed by atoms with Crippen molar-refractivity contribution in [2.75, 3.05) is 6.61 Å². The summed E-state index contributed by atoms with van der Waals surface area (Å²) in [5.74, 6) is -0.810. The molecule has 0 bridgehead atoms. The van der Waals surface area contributed by atoms with Gasteiger partial charge in [-0.05, 0) is 6.92 Å². The monoisotopic (exact) mass is 304 g/mol. The zero-order valence-electron chi connectivity index (χ0n) is 12.5. The lowest BCUT2D eigenvalue weighted by atomic mass is 10.3. The molecule has 22 heavy (non-hydrogen) atoms. The standard InChI is InChI=1S/C15H17N3O4/c1-10-8-17-12(9-16-10)15(21)22-7-3-5-18-6-4-13(19)14(20)11(18)2/h4,6,8-9,20H,3,5,7H2,1-2H3/p+1. The van der Waals surface area contributed by atoms with Crippen molar-refractivity contribution in [3.63, 3.8) is 0 Å². The van der Waals surface area contributed by atoms with Crippen molar-refractivity contribution in [3.05, 3.63) is 41.7 Å². The molecular weight excluding hydrogens is 286 g/mol. The summed E-state index contributed by atoms with van der Waals surface area (Å²) in [4.78, 5) is 19.7. The van der Waals surface area contributed by atoms with E-state index in [1.54, 1.807) is 24.6 Å². The second kappa shape index (κ2) is 6.84. The molecule has 0 fully saturated rings. The molecule has 0 saturated heterocycles. The first-order valence-electron chi connectivity index (χ1n) is 6.86. The number of carbonyl (C=O) groups is 1. The fourth-order valence-electron chi connectivity index (χ4n) is 1.89. The third-order valence-electron chi connectivity index (χ3n) is 3.20. The molecular formula is C15H18N3O4+. The summed E-state index contributed by atoms with van der Waals surface area (Å²) in [6, 6.07) is 1.41. The average Bonchev–Trinajstić information content (AvgIpc) is 2.51. The van der Waals surface area contributed by atoms with Gasteiger partial charge in [0, 0.05) is 25.6 Å². The summed E-state index contributed by atoms with van der Waals surface area (Å²) in [5.41, 5.74) is 1.46. The van der Waals surface area contributed by atoms with Crippen LogP contribution in [0.4, 0.5) is 0 Å². The Bertz CT molecular complexity index is 671. The molecule has 0 unspecified atom stereocenters. The van der Waals surface area contributed by atoms with Crippen LogP contribution >= 0.6 is 0 Å². The number of carbonyl (C=O) groups excluding carboxylic acids is 1. The Labute approximate surface area is 127 Å². The highest BCUT2D eigenvalue weighted by molar-refractivity contribution is 5.86. The Morgan fingerprint density at radius 3 is 2.73 bits per heavy atom. The van der Waals surface area contributed by atoms with E-state index in [0.717, 1.165) is 5.69 Å². The molecule has 0 spiro atoms. The van der Waals surface area contributed by atoms with Gasteiger partial charge in [-0.1, -0.05) is 0 Å².